The zero-order valence-corrected chi connectivity index (χ0v) is 32.6. The Morgan fingerprint density at radius 3 is 0.892 bits per heavy atom. The fourth-order valence-corrected chi connectivity index (χ4v) is 9.24. The van der Waals surface area contributed by atoms with Gasteiger partial charge in [-0.2, -0.15) is 13.8 Å². The van der Waals surface area contributed by atoms with Gasteiger partial charge in [-0.3, -0.25) is 0 Å². The summed E-state index contributed by atoms with van der Waals surface area (Å²) in [4.78, 5) is 0. The van der Waals surface area contributed by atoms with Crippen LogP contribution >= 0.6 is 0 Å². The molecule has 0 aromatic rings. The quantitative estimate of drug-likeness (QED) is 0.266. The summed E-state index contributed by atoms with van der Waals surface area (Å²) in [6.45, 7) is 33.6. The molecule has 0 aromatic heterocycles. The molecule has 0 nitrogen and oxygen atoms in total. The Hall–Kier alpha value is 1.17. The van der Waals surface area contributed by atoms with Gasteiger partial charge < -0.3 is 6.42 Å². The third-order valence-electron chi connectivity index (χ3n) is 12.2. The first-order chi connectivity index (χ1) is 16.3. The van der Waals surface area contributed by atoms with Crippen molar-refractivity contribution in [1.29, 1.82) is 0 Å². The van der Waals surface area contributed by atoms with E-state index in [1.807, 2.05) is 20.3 Å². The number of hydrogen-bond acceptors (Lipinski definition) is 0. The van der Waals surface area contributed by atoms with Crippen LogP contribution in [-0.2, 0) is 65.4 Å². The molecule has 4 aliphatic carbocycles. The van der Waals surface area contributed by atoms with Crippen LogP contribution in [0.15, 0.2) is 44.6 Å². The maximum absolute atomic E-state index is 2.58. The van der Waals surface area contributed by atoms with E-state index in [2.05, 4.69) is 83.1 Å². The SMILES string of the molecule is CC1=C(C)C2C(C)C(C)C(CCC3C(C)C(C)C4C(C)=C(C)C(C)=C(C)C34)C2C(C)=C1C.C[CH-]C.[Y].[Y]. The molecule has 0 aliphatic heterocycles. The van der Waals surface area contributed by atoms with Gasteiger partial charge in [-0.05, 0) is 150 Å². The van der Waals surface area contributed by atoms with Crippen molar-refractivity contribution in [2.24, 2.45) is 59.2 Å². The minimum atomic E-state index is 0. The van der Waals surface area contributed by atoms with E-state index in [0.717, 1.165) is 59.2 Å². The van der Waals surface area contributed by atoms with Crippen LogP contribution in [0.1, 0.15) is 110 Å². The summed E-state index contributed by atoms with van der Waals surface area (Å²) in [5, 5.41) is 0. The molecule has 204 valence electrons. The number of allylic oxidation sites excluding steroid dienone is 8. The molecule has 10 unspecified atom stereocenters. The van der Waals surface area contributed by atoms with Crippen molar-refractivity contribution < 1.29 is 65.4 Å². The van der Waals surface area contributed by atoms with Crippen LogP contribution < -0.4 is 0 Å². The van der Waals surface area contributed by atoms with E-state index in [1.54, 1.807) is 44.6 Å². The van der Waals surface area contributed by atoms with Crippen LogP contribution in [0.4, 0.5) is 0 Å². The molecule has 4 rings (SSSR count). The average Bonchev–Trinajstić information content (AvgIpc) is 3.22. The van der Waals surface area contributed by atoms with Gasteiger partial charge in [0, 0.05) is 65.4 Å². The molecule has 4 aliphatic rings. The van der Waals surface area contributed by atoms with Crippen LogP contribution in [0.2, 0.25) is 0 Å². The third-order valence-corrected chi connectivity index (χ3v) is 12.2. The first-order valence-corrected chi connectivity index (χ1v) is 14.8. The molecule has 0 aromatic carbocycles. The second kappa shape index (κ2) is 14.4. The van der Waals surface area contributed by atoms with Gasteiger partial charge in [-0.25, -0.2) is 0 Å². The second-order valence-corrected chi connectivity index (χ2v) is 13.3. The van der Waals surface area contributed by atoms with Gasteiger partial charge in [0.05, 0.1) is 0 Å². The molecule has 0 N–H and O–H groups in total. The molecule has 0 bridgehead atoms. The predicted molar refractivity (Wildman–Crippen MR) is 156 cm³/mol. The summed E-state index contributed by atoms with van der Waals surface area (Å²) >= 11 is 0. The topological polar surface area (TPSA) is 0 Å². The summed E-state index contributed by atoms with van der Waals surface area (Å²) in [7, 11) is 0. The Bertz CT molecular complexity index is 868. The molecule has 10 atom stereocenters. The molecule has 0 spiro atoms. The summed E-state index contributed by atoms with van der Waals surface area (Å²) in [5.41, 5.74) is 13.2. The van der Waals surface area contributed by atoms with Crippen LogP contribution in [-0.4, -0.2) is 0 Å². The van der Waals surface area contributed by atoms with Gasteiger partial charge in [-0.15, -0.1) is 0 Å². The van der Waals surface area contributed by atoms with Gasteiger partial charge in [0.2, 0.25) is 0 Å². The van der Waals surface area contributed by atoms with Crippen molar-refractivity contribution in [1.82, 2.24) is 0 Å². The largest absolute Gasteiger partial charge is 0.335 e. The van der Waals surface area contributed by atoms with Gasteiger partial charge in [0.15, 0.2) is 0 Å². The molecule has 0 heterocycles. The van der Waals surface area contributed by atoms with E-state index in [0.29, 0.717) is 0 Å². The van der Waals surface area contributed by atoms with Crippen molar-refractivity contribution in [2.45, 2.75) is 110 Å². The minimum absolute atomic E-state index is 0. The smallest absolute Gasteiger partial charge is 0 e. The first-order valence-electron chi connectivity index (χ1n) is 14.8. The van der Waals surface area contributed by atoms with Crippen molar-refractivity contribution in [2.75, 3.05) is 0 Å². The molecule has 2 heteroatoms. The molecular formula is C35H57Y2-. The summed E-state index contributed by atoms with van der Waals surface area (Å²) in [6, 6.07) is 0. The normalized spacial score (nSPS) is 39.1. The molecule has 2 radical (unpaired) electrons. The first kappa shape index (κ1) is 36.2. The summed E-state index contributed by atoms with van der Waals surface area (Å²) in [6.07, 6.45) is 4.84. The predicted octanol–water partition coefficient (Wildman–Crippen LogP) is 10.6. The summed E-state index contributed by atoms with van der Waals surface area (Å²) < 4.78 is 0. The van der Waals surface area contributed by atoms with Crippen molar-refractivity contribution in [3.63, 3.8) is 0 Å². The average molecular weight is 656 g/mol. The zero-order chi connectivity index (χ0) is 26.5. The zero-order valence-electron chi connectivity index (χ0n) is 26.9. The van der Waals surface area contributed by atoms with E-state index in [1.165, 1.54) is 12.8 Å². The van der Waals surface area contributed by atoms with Crippen LogP contribution in [0, 0.1) is 65.6 Å². The van der Waals surface area contributed by atoms with Crippen molar-refractivity contribution >= 4 is 0 Å². The maximum atomic E-state index is 2.58. The van der Waals surface area contributed by atoms with Gasteiger partial charge in [0.1, 0.15) is 0 Å². The maximum Gasteiger partial charge on any atom is 0 e. The van der Waals surface area contributed by atoms with Crippen molar-refractivity contribution in [3.05, 3.63) is 51.0 Å². The van der Waals surface area contributed by atoms with E-state index < -0.39 is 0 Å². The molecule has 37 heavy (non-hydrogen) atoms. The van der Waals surface area contributed by atoms with Crippen LogP contribution in [0.5, 0.6) is 0 Å². The van der Waals surface area contributed by atoms with E-state index in [4.69, 9.17) is 0 Å². The molecule has 0 amide bonds. The molecule has 0 saturated heterocycles. The summed E-state index contributed by atoms with van der Waals surface area (Å²) in [5.74, 6) is 8.08. The second-order valence-electron chi connectivity index (χ2n) is 13.3. The monoisotopic (exact) mass is 655 g/mol. The third kappa shape index (κ3) is 6.19. The number of fused-ring (bicyclic) bond motifs is 2. The Morgan fingerprint density at radius 1 is 0.432 bits per heavy atom. The molecular weight excluding hydrogens is 598 g/mol. The molecule has 2 saturated carbocycles. The standard InChI is InChI=1S/C32H50.C3H7.2Y/c1-15-17(3)23(9)31-27(19(5)25(11)29(31)21(15)7)13-14-28-20(6)26(12)30-22(8)16(2)18(4)24(10)32(28)30;1-3-2;;/h19-20,25-32H,13-14H2,1-12H3;3H,1-2H3;;/q;-1;;. The van der Waals surface area contributed by atoms with Crippen LogP contribution in [0.3, 0.4) is 0 Å². The Labute approximate surface area is 282 Å². The Kier molecular flexibility index (Phi) is 14.1. The Morgan fingerprint density at radius 2 is 0.649 bits per heavy atom. The van der Waals surface area contributed by atoms with Gasteiger partial charge in [0.25, 0.3) is 0 Å². The molecule has 2 fully saturated rings. The minimum Gasteiger partial charge on any atom is -0.335 e. The van der Waals surface area contributed by atoms with E-state index in [-0.39, 0.29) is 65.4 Å². The fourth-order valence-electron chi connectivity index (χ4n) is 9.24. The Balaban J connectivity index is 0.00000131. The van der Waals surface area contributed by atoms with Crippen LogP contribution in [0.25, 0.3) is 0 Å². The fraction of sp³-hybridized carbons (Fsp3) is 0.743. The van der Waals surface area contributed by atoms with Gasteiger partial charge in [-0.1, -0.05) is 50.0 Å². The van der Waals surface area contributed by atoms with E-state index in [9.17, 15) is 0 Å². The van der Waals surface area contributed by atoms with Gasteiger partial charge >= 0.3 is 0 Å². The van der Waals surface area contributed by atoms with E-state index >= 15 is 0 Å². The number of rotatable bonds is 3. The van der Waals surface area contributed by atoms with Crippen molar-refractivity contribution in [3.8, 4) is 0 Å². The number of hydrogen-bond donors (Lipinski definition) is 0.